The number of rotatable bonds is 3. The van der Waals surface area contributed by atoms with Gasteiger partial charge in [-0.2, -0.15) is 0 Å². The quantitative estimate of drug-likeness (QED) is 0.399. The number of anilines is 1. The Morgan fingerprint density at radius 3 is 2.53 bits per heavy atom. The Labute approximate surface area is 204 Å². The van der Waals surface area contributed by atoms with E-state index in [1.54, 1.807) is 0 Å². The topological polar surface area (TPSA) is 12.0 Å². The molecule has 0 unspecified atom stereocenters. The SMILES string of the molecule is CC#CCC1=C\CC(=C\Nc2ccc3ccccc3c2)/C=C/c2ccccc2C(C)(C)\C(C)=C\1. The first-order valence-corrected chi connectivity index (χ1v) is 12.0. The molecule has 0 atom stereocenters. The van der Waals surface area contributed by atoms with Gasteiger partial charge in [-0.25, -0.2) is 0 Å². The van der Waals surface area contributed by atoms with Gasteiger partial charge in [-0.15, -0.1) is 5.92 Å². The van der Waals surface area contributed by atoms with Crippen molar-refractivity contribution in [1.82, 2.24) is 0 Å². The maximum absolute atomic E-state index is 3.53. The molecule has 34 heavy (non-hydrogen) atoms. The first-order chi connectivity index (χ1) is 16.5. The summed E-state index contributed by atoms with van der Waals surface area (Å²) in [4.78, 5) is 0. The van der Waals surface area contributed by atoms with Gasteiger partial charge in [-0.05, 0) is 65.4 Å². The van der Waals surface area contributed by atoms with Crippen molar-refractivity contribution in [3.05, 3.63) is 119 Å². The first-order valence-electron chi connectivity index (χ1n) is 12.0. The fourth-order valence-corrected chi connectivity index (χ4v) is 4.33. The molecule has 4 rings (SSSR count). The van der Waals surface area contributed by atoms with Crippen molar-refractivity contribution < 1.29 is 0 Å². The standard InChI is InChI=1S/C33H33N/c1-5-6-11-26-16-17-27(24-34-31-21-20-28-12-7-8-14-30(28)23-31)18-19-29-13-9-10-15-32(29)33(3,4)25(2)22-26/h7-10,12-16,18-24,34H,11,17H2,1-4H3/b19-18+,25-22+,26-16+,27-24+. The molecule has 0 bridgehead atoms. The smallest absolute Gasteiger partial charge is 0.0386 e. The highest BCUT2D eigenvalue weighted by Crippen LogP contribution is 2.35. The van der Waals surface area contributed by atoms with E-state index in [1.165, 1.54) is 38.6 Å². The third-order valence-corrected chi connectivity index (χ3v) is 6.74. The van der Waals surface area contributed by atoms with Crippen LogP contribution in [0.3, 0.4) is 0 Å². The molecule has 0 aromatic heterocycles. The van der Waals surface area contributed by atoms with Crippen LogP contribution in [-0.2, 0) is 5.41 Å². The van der Waals surface area contributed by atoms with E-state index in [4.69, 9.17) is 0 Å². The van der Waals surface area contributed by atoms with Crippen molar-refractivity contribution in [3.8, 4) is 11.8 Å². The molecule has 1 N–H and O–H groups in total. The molecule has 3 aromatic rings. The maximum atomic E-state index is 3.53. The van der Waals surface area contributed by atoms with Crippen LogP contribution in [0.1, 0.15) is 51.7 Å². The van der Waals surface area contributed by atoms with Crippen LogP contribution in [0.5, 0.6) is 0 Å². The highest BCUT2D eigenvalue weighted by atomic mass is 14.8. The number of fused-ring (bicyclic) bond motifs is 2. The highest BCUT2D eigenvalue weighted by Gasteiger charge is 2.25. The van der Waals surface area contributed by atoms with Gasteiger partial charge < -0.3 is 5.32 Å². The Bertz CT molecular complexity index is 1370. The van der Waals surface area contributed by atoms with Crippen LogP contribution >= 0.6 is 0 Å². The minimum Gasteiger partial charge on any atom is -0.361 e. The van der Waals surface area contributed by atoms with Crippen molar-refractivity contribution in [1.29, 1.82) is 0 Å². The van der Waals surface area contributed by atoms with Crippen molar-refractivity contribution in [3.63, 3.8) is 0 Å². The summed E-state index contributed by atoms with van der Waals surface area (Å²) in [6.07, 6.45) is 12.9. The van der Waals surface area contributed by atoms with Crippen molar-refractivity contribution in [2.45, 2.75) is 46.0 Å². The average Bonchev–Trinajstić information content (AvgIpc) is 2.87. The summed E-state index contributed by atoms with van der Waals surface area (Å²) in [6, 6.07) is 23.7. The zero-order valence-electron chi connectivity index (χ0n) is 20.7. The lowest BCUT2D eigenvalue weighted by Crippen LogP contribution is -2.20. The Morgan fingerprint density at radius 1 is 0.941 bits per heavy atom. The van der Waals surface area contributed by atoms with Gasteiger partial charge in [0.25, 0.3) is 0 Å². The van der Waals surface area contributed by atoms with Crippen LogP contribution < -0.4 is 5.32 Å². The van der Waals surface area contributed by atoms with Gasteiger partial charge in [0.1, 0.15) is 0 Å². The molecule has 170 valence electrons. The van der Waals surface area contributed by atoms with Gasteiger partial charge in [0.2, 0.25) is 0 Å². The molecule has 0 amide bonds. The molecule has 1 heteroatoms. The minimum absolute atomic E-state index is 0.0722. The molecule has 0 saturated carbocycles. The normalized spacial score (nSPS) is 20.5. The van der Waals surface area contributed by atoms with Crippen molar-refractivity contribution in [2.24, 2.45) is 0 Å². The summed E-state index contributed by atoms with van der Waals surface area (Å²) in [6.45, 7) is 8.77. The second kappa shape index (κ2) is 10.4. The number of allylic oxidation sites excluding steroid dienone is 6. The maximum Gasteiger partial charge on any atom is 0.0386 e. The largest absolute Gasteiger partial charge is 0.361 e. The predicted octanol–water partition coefficient (Wildman–Crippen LogP) is 8.82. The minimum atomic E-state index is -0.0722. The van der Waals surface area contributed by atoms with E-state index in [0.29, 0.717) is 0 Å². The van der Waals surface area contributed by atoms with Crippen LogP contribution in [0.2, 0.25) is 0 Å². The number of benzene rings is 3. The molecule has 0 aliphatic heterocycles. The lowest BCUT2D eigenvalue weighted by Gasteiger charge is -2.29. The number of nitrogens with one attached hydrogen (secondary N) is 1. The van der Waals surface area contributed by atoms with Crippen molar-refractivity contribution in [2.75, 3.05) is 5.32 Å². The van der Waals surface area contributed by atoms with E-state index < -0.39 is 0 Å². The molecule has 0 fully saturated rings. The van der Waals surface area contributed by atoms with Crippen LogP contribution in [0.25, 0.3) is 16.8 Å². The molecule has 1 nitrogen and oxygen atoms in total. The Hall–Kier alpha value is -3.76. The zero-order chi connectivity index (χ0) is 24.0. The molecule has 1 aliphatic rings. The summed E-state index contributed by atoms with van der Waals surface area (Å²) in [5.74, 6) is 6.31. The monoisotopic (exact) mass is 443 g/mol. The summed E-state index contributed by atoms with van der Waals surface area (Å²) in [5.41, 5.74) is 7.45. The molecular formula is C33H33N. The summed E-state index contributed by atoms with van der Waals surface area (Å²) in [7, 11) is 0. The molecule has 0 saturated heterocycles. The Morgan fingerprint density at radius 2 is 1.71 bits per heavy atom. The summed E-state index contributed by atoms with van der Waals surface area (Å²) < 4.78 is 0. The number of hydrogen-bond donors (Lipinski definition) is 1. The van der Waals surface area contributed by atoms with Crippen LogP contribution in [-0.4, -0.2) is 0 Å². The third kappa shape index (κ3) is 5.41. The lowest BCUT2D eigenvalue weighted by atomic mass is 9.75. The summed E-state index contributed by atoms with van der Waals surface area (Å²) in [5, 5.41) is 6.02. The Kier molecular flexibility index (Phi) is 7.19. The van der Waals surface area contributed by atoms with Crippen molar-refractivity contribution >= 4 is 22.5 Å². The summed E-state index contributed by atoms with van der Waals surface area (Å²) >= 11 is 0. The van der Waals surface area contributed by atoms with Gasteiger partial charge >= 0.3 is 0 Å². The van der Waals surface area contributed by atoms with E-state index in [1.807, 2.05) is 6.92 Å². The second-order valence-electron chi connectivity index (χ2n) is 9.39. The molecule has 0 radical (unpaired) electrons. The van der Waals surface area contributed by atoms with Crippen LogP contribution in [0.4, 0.5) is 5.69 Å². The second-order valence-corrected chi connectivity index (χ2v) is 9.39. The average molecular weight is 444 g/mol. The van der Waals surface area contributed by atoms with E-state index in [0.717, 1.165) is 18.5 Å². The van der Waals surface area contributed by atoms with E-state index in [9.17, 15) is 0 Å². The predicted molar refractivity (Wildman–Crippen MR) is 149 cm³/mol. The van der Waals surface area contributed by atoms with E-state index in [2.05, 4.69) is 135 Å². The number of hydrogen-bond acceptors (Lipinski definition) is 1. The Balaban J connectivity index is 1.74. The van der Waals surface area contributed by atoms with E-state index >= 15 is 0 Å². The lowest BCUT2D eigenvalue weighted by molar-refractivity contribution is 0.621. The van der Waals surface area contributed by atoms with Gasteiger partial charge in [-0.1, -0.05) is 104 Å². The fraction of sp³-hybridized carbons (Fsp3) is 0.212. The molecule has 0 spiro atoms. The van der Waals surface area contributed by atoms with Gasteiger partial charge in [0.15, 0.2) is 0 Å². The van der Waals surface area contributed by atoms with Crippen LogP contribution in [0, 0.1) is 11.8 Å². The fourth-order valence-electron chi connectivity index (χ4n) is 4.33. The van der Waals surface area contributed by atoms with Crippen LogP contribution in [0.15, 0.2) is 108 Å². The molecule has 0 heterocycles. The molecule has 3 aromatic carbocycles. The van der Waals surface area contributed by atoms with E-state index in [-0.39, 0.29) is 5.41 Å². The van der Waals surface area contributed by atoms with Gasteiger partial charge in [0.05, 0.1) is 0 Å². The van der Waals surface area contributed by atoms with Gasteiger partial charge in [0, 0.05) is 23.7 Å². The molecule has 1 aliphatic carbocycles. The zero-order valence-corrected chi connectivity index (χ0v) is 20.7. The molecular weight excluding hydrogens is 410 g/mol. The van der Waals surface area contributed by atoms with Gasteiger partial charge in [-0.3, -0.25) is 0 Å². The first kappa shape index (κ1) is 23.4. The highest BCUT2D eigenvalue weighted by molar-refractivity contribution is 5.85. The third-order valence-electron chi connectivity index (χ3n) is 6.74.